The van der Waals surface area contributed by atoms with Gasteiger partial charge < -0.3 is 9.32 Å². The Morgan fingerprint density at radius 1 is 0.971 bits per heavy atom. The van der Waals surface area contributed by atoms with E-state index >= 15 is 0 Å². The van der Waals surface area contributed by atoms with E-state index in [4.69, 9.17) is 4.42 Å². The molecule has 0 saturated carbocycles. The number of imide groups is 1. The number of non-ortho nitro benzene ring substituents is 1. The van der Waals surface area contributed by atoms with Crippen molar-refractivity contribution >= 4 is 35.0 Å². The molecule has 0 aliphatic carbocycles. The van der Waals surface area contributed by atoms with Gasteiger partial charge in [0.2, 0.25) is 17.6 Å². The predicted octanol–water partition coefficient (Wildman–Crippen LogP) is 3.59. The van der Waals surface area contributed by atoms with Gasteiger partial charge in [0.05, 0.1) is 34.8 Å². The molecule has 34 heavy (non-hydrogen) atoms. The zero-order valence-electron chi connectivity index (χ0n) is 17.6. The van der Waals surface area contributed by atoms with Gasteiger partial charge in [-0.05, 0) is 35.4 Å². The number of Topliss-reactive ketones (excluding diaryl/α,β-unsaturated/α-hetero) is 1. The second-order valence-corrected chi connectivity index (χ2v) is 8.46. The second kappa shape index (κ2) is 7.24. The molecule has 0 spiro atoms. The molecule has 2 saturated heterocycles. The van der Waals surface area contributed by atoms with Crippen molar-refractivity contribution in [2.75, 3.05) is 4.90 Å². The lowest BCUT2D eigenvalue weighted by molar-refractivity contribution is -0.384. The van der Waals surface area contributed by atoms with Gasteiger partial charge in [0.1, 0.15) is 6.04 Å². The Labute approximate surface area is 193 Å². The maximum atomic E-state index is 13.7. The van der Waals surface area contributed by atoms with E-state index in [0.29, 0.717) is 0 Å². The van der Waals surface area contributed by atoms with Gasteiger partial charge in [0.25, 0.3) is 5.69 Å². The summed E-state index contributed by atoms with van der Waals surface area (Å²) < 4.78 is 5.34. The van der Waals surface area contributed by atoms with Crippen LogP contribution in [0.15, 0.2) is 77.5 Å². The second-order valence-electron chi connectivity index (χ2n) is 8.46. The SMILES string of the molecule is O=C(c1ccco1)[C@@H]1[C@@H]2C(=O)N(c3cccc([N+](=O)[O-])c3)C(=O)[C@@H]2[C@@H]2c3ccccc3C=CN12. The van der Waals surface area contributed by atoms with Crippen LogP contribution in [0.3, 0.4) is 0 Å². The zero-order valence-corrected chi connectivity index (χ0v) is 17.6. The highest BCUT2D eigenvalue weighted by atomic mass is 16.6. The average molecular weight is 455 g/mol. The average Bonchev–Trinajstić information content (AvgIpc) is 3.55. The van der Waals surface area contributed by atoms with Crippen molar-refractivity contribution in [3.63, 3.8) is 0 Å². The molecule has 2 aromatic carbocycles. The molecule has 6 rings (SSSR count). The van der Waals surface area contributed by atoms with Crippen molar-refractivity contribution in [3.8, 4) is 0 Å². The summed E-state index contributed by atoms with van der Waals surface area (Å²) in [5.74, 6) is -3.13. The van der Waals surface area contributed by atoms with E-state index in [1.54, 1.807) is 17.2 Å². The molecule has 3 aromatic rings. The van der Waals surface area contributed by atoms with Crippen LogP contribution < -0.4 is 4.90 Å². The molecule has 168 valence electrons. The quantitative estimate of drug-likeness (QED) is 0.256. The Bertz CT molecular complexity index is 1400. The Morgan fingerprint density at radius 2 is 1.76 bits per heavy atom. The highest BCUT2D eigenvalue weighted by Gasteiger charge is 2.64. The largest absolute Gasteiger partial charge is 0.461 e. The summed E-state index contributed by atoms with van der Waals surface area (Å²) in [4.78, 5) is 54.4. The number of anilines is 1. The van der Waals surface area contributed by atoms with Crippen LogP contribution >= 0.6 is 0 Å². The van der Waals surface area contributed by atoms with Gasteiger partial charge >= 0.3 is 0 Å². The minimum Gasteiger partial charge on any atom is -0.461 e. The molecule has 3 aliphatic heterocycles. The van der Waals surface area contributed by atoms with E-state index in [-0.39, 0.29) is 17.1 Å². The van der Waals surface area contributed by atoms with Crippen molar-refractivity contribution in [2.45, 2.75) is 12.1 Å². The first-order valence-corrected chi connectivity index (χ1v) is 10.7. The summed E-state index contributed by atoms with van der Waals surface area (Å²) in [7, 11) is 0. The number of fused-ring (bicyclic) bond motifs is 5. The summed E-state index contributed by atoms with van der Waals surface area (Å²) in [5.41, 5.74) is 1.64. The Balaban J connectivity index is 1.50. The summed E-state index contributed by atoms with van der Waals surface area (Å²) in [5, 5.41) is 11.3. The van der Waals surface area contributed by atoms with Crippen LogP contribution in [0.1, 0.15) is 27.7 Å². The topological polar surface area (TPSA) is 114 Å². The maximum Gasteiger partial charge on any atom is 0.271 e. The molecule has 9 nitrogen and oxygen atoms in total. The lowest BCUT2D eigenvalue weighted by Crippen LogP contribution is -2.44. The van der Waals surface area contributed by atoms with E-state index in [1.165, 1.54) is 36.6 Å². The lowest BCUT2D eigenvalue weighted by Gasteiger charge is -2.35. The number of nitro benzene ring substituents is 1. The number of carbonyl (C=O) groups is 3. The van der Waals surface area contributed by atoms with Crippen molar-refractivity contribution < 1.29 is 23.7 Å². The van der Waals surface area contributed by atoms with Crippen molar-refractivity contribution in [1.82, 2.24) is 4.90 Å². The molecule has 9 heteroatoms. The van der Waals surface area contributed by atoms with Crippen molar-refractivity contribution in [3.05, 3.63) is 100 Å². The van der Waals surface area contributed by atoms with E-state index < -0.39 is 46.4 Å². The molecule has 0 N–H and O–H groups in total. The first-order chi connectivity index (χ1) is 16.5. The normalized spacial score (nSPS) is 24.7. The molecule has 1 aromatic heterocycles. The van der Waals surface area contributed by atoms with E-state index in [0.717, 1.165) is 16.0 Å². The van der Waals surface area contributed by atoms with Crippen molar-refractivity contribution in [2.24, 2.45) is 11.8 Å². The monoisotopic (exact) mass is 455 g/mol. The van der Waals surface area contributed by atoms with Crippen LogP contribution in [0.4, 0.5) is 11.4 Å². The number of amides is 2. The van der Waals surface area contributed by atoms with Gasteiger partial charge in [-0.25, -0.2) is 4.90 Å². The summed E-state index contributed by atoms with van der Waals surface area (Å²) >= 11 is 0. The lowest BCUT2D eigenvalue weighted by atomic mass is 9.84. The molecule has 0 radical (unpaired) electrons. The molecule has 4 heterocycles. The Hall–Kier alpha value is -4.53. The number of hydrogen-bond donors (Lipinski definition) is 0. The van der Waals surface area contributed by atoms with Gasteiger partial charge in [-0.2, -0.15) is 0 Å². The molecule has 0 bridgehead atoms. The number of rotatable bonds is 4. The third-order valence-electron chi connectivity index (χ3n) is 6.79. The summed E-state index contributed by atoms with van der Waals surface area (Å²) in [6.07, 6.45) is 5.01. The number of furan rings is 1. The fourth-order valence-corrected chi connectivity index (χ4v) is 5.42. The highest BCUT2D eigenvalue weighted by Crippen LogP contribution is 2.53. The van der Waals surface area contributed by atoms with Gasteiger partial charge in [0, 0.05) is 18.3 Å². The maximum absolute atomic E-state index is 13.7. The smallest absolute Gasteiger partial charge is 0.271 e. The third kappa shape index (κ3) is 2.70. The van der Waals surface area contributed by atoms with E-state index in [9.17, 15) is 24.5 Å². The predicted molar refractivity (Wildman–Crippen MR) is 119 cm³/mol. The van der Waals surface area contributed by atoms with Crippen LogP contribution in [0.2, 0.25) is 0 Å². The van der Waals surface area contributed by atoms with Gasteiger partial charge in [0.15, 0.2) is 5.76 Å². The molecule has 2 amide bonds. The van der Waals surface area contributed by atoms with Crippen LogP contribution in [-0.2, 0) is 9.59 Å². The van der Waals surface area contributed by atoms with Crippen LogP contribution in [0.5, 0.6) is 0 Å². The zero-order chi connectivity index (χ0) is 23.6. The Morgan fingerprint density at radius 3 is 2.53 bits per heavy atom. The molecular weight excluding hydrogens is 438 g/mol. The number of nitrogens with zero attached hydrogens (tertiary/aromatic N) is 3. The Kier molecular flexibility index (Phi) is 4.28. The van der Waals surface area contributed by atoms with Crippen molar-refractivity contribution in [1.29, 1.82) is 0 Å². The summed E-state index contributed by atoms with van der Waals surface area (Å²) in [6, 6.07) is 14.6. The van der Waals surface area contributed by atoms with Crippen LogP contribution in [-0.4, -0.2) is 33.5 Å². The standard InChI is InChI=1S/C25H17N3O6/c29-23(18-9-4-12-34-18)22-20-19(21-17-8-2-1-5-14(17)10-11-26(21)22)24(30)27(25(20)31)15-6-3-7-16(13-15)28(32)33/h1-13,19-22H/t19-,20+,21-,22-/m0/s1. The van der Waals surface area contributed by atoms with Gasteiger partial charge in [-0.3, -0.25) is 24.5 Å². The minimum absolute atomic E-state index is 0.103. The van der Waals surface area contributed by atoms with E-state index in [2.05, 4.69) is 0 Å². The van der Waals surface area contributed by atoms with E-state index in [1.807, 2.05) is 30.3 Å². The van der Waals surface area contributed by atoms with Gasteiger partial charge in [-0.1, -0.05) is 30.3 Å². The summed E-state index contributed by atoms with van der Waals surface area (Å²) in [6.45, 7) is 0. The number of hydrogen-bond acceptors (Lipinski definition) is 7. The van der Waals surface area contributed by atoms with Gasteiger partial charge in [-0.15, -0.1) is 0 Å². The number of ketones is 1. The molecule has 0 unspecified atom stereocenters. The highest BCUT2D eigenvalue weighted by molar-refractivity contribution is 6.24. The molecule has 4 atom stereocenters. The first kappa shape index (κ1) is 20.1. The fraction of sp³-hybridized carbons (Fsp3) is 0.160. The minimum atomic E-state index is -0.967. The fourth-order valence-electron chi connectivity index (χ4n) is 5.42. The van der Waals surface area contributed by atoms with Crippen LogP contribution in [0, 0.1) is 22.0 Å². The number of nitro groups is 1. The molecular formula is C25H17N3O6. The first-order valence-electron chi connectivity index (χ1n) is 10.7. The molecule has 2 fully saturated rings. The number of benzene rings is 2. The van der Waals surface area contributed by atoms with Crippen LogP contribution in [0.25, 0.3) is 6.08 Å². The third-order valence-corrected chi connectivity index (χ3v) is 6.79. The molecule has 3 aliphatic rings. The number of carbonyl (C=O) groups excluding carboxylic acids is 3.